The van der Waals surface area contributed by atoms with E-state index in [2.05, 4.69) is 15.6 Å². The molecule has 2 heterocycles. The summed E-state index contributed by atoms with van der Waals surface area (Å²) in [5.41, 5.74) is 0.500. The van der Waals surface area contributed by atoms with Crippen LogP contribution in [0.4, 0.5) is 0 Å². The topological polar surface area (TPSA) is 101 Å². The van der Waals surface area contributed by atoms with Gasteiger partial charge in [-0.3, -0.25) is 9.59 Å². The van der Waals surface area contributed by atoms with Crippen LogP contribution < -0.4 is 15.4 Å². The van der Waals surface area contributed by atoms with Crippen LogP contribution in [0.1, 0.15) is 67.4 Å². The number of carboxylic acid groups (broad SMARTS) is 1. The second-order valence-electron chi connectivity index (χ2n) is 7.69. The Morgan fingerprint density at radius 1 is 1.30 bits per heavy atom. The minimum Gasteiger partial charge on any atom is -0.481 e. The average molecular weight is 375 g/mol. The molecule has 2 aliphatic rings. The molecule has 1 amide bonds. The Balaban J connectivity index is 1.83. The molecular formula is C20H29N3O4. The van der Waals surface area contributed by atoms with E-state index >= 15 is 0 Å². The van der Waals surface area contributed by atoms with Crippen LogP contribution in [0.2, 0.25) is 0 Å². The lowest BCUT2D eigenvalue weighted by Gasteiger charge is -2.36. The molecule has 0 unspecified atom stereocenters. The third-order valence-corrected chi connectivity index (χ3v) is 5.74. The lowest BCUT2D eigenvalue weighted by atomic mass is 9.74. The van der Waals surface area contributed by atoms with Crippen molar-refractivity contribution in [2.75, 3.05) is 20.2 Å². The largest absolute Gasteiger partial charge is 0.481 e. The standard InChI is InChI=1S/C20H29N3O4/c1-27-19-15(18(26)22-14-6-3-2-4-7-14)8-9-16(23-19)20(12-17(24)25)10-5-11-21-13-20/h8-9,14,21H,2-7,10-13H2,1H3,(H,22,26)(H,24,25)/t20-/m0/s1. The number of ether oxygens (including phenoxy) is 1. The summed E-state index contributed by atoms with van der Waals surface area (Å²) >= 11 is 0. The van der Waals surface area contributed by atoms with E-state index in [1.54, 1.807) is 12.1 Å². The summed E-state index contributed by atoms with van der Waals surface area (Å²) in [5, 5.41) is 15.8. The summed E-state index contributed by atoms with van der Waals surface area (Å²) in [6.45, 7) is 1.43. The van der Waals surface area contributed by atoms with Crippen LogP contribution >= 0.6 is 0 Å². The molecule has 7 nitrogen and oxygen atoms in total. The van der Waals surface area contributed by atoms with Crippen LogP contribution in [0.5, 0.6) is 5.88 Å². The molecule has 3 rings (SSSR count). The zero-order valence-electron chi connectivity index (χ0n) is 15.9. The first-order valence-electron chi connectivity index (χ1n) is 9.83. The number of amides is 1. The molecule has 0 spiro atoms. The number of rotatable bonds is 6. The molecule has 1 aliphatic carbocycles. The second kappa shape index (κ2) is 8.69. The number of pyridine rings is 1. The van der Waals surface area contributed by atoms with Gasteiger partial charge in [-0.2, -0.15) is 0 Å². The molecule has 0 radical (unpaired) electrons. The summed E-state index contributed by atoms with van der Waals surface area (Å²) < 4.78 is 5.40. The highest BCUT2D eigenvalue weighted by Gasteiger charge is 2.38. The summed E-state index contributed by atoms with van der Waals surface area (Å²) in [5.74, 6) is -0.762. The van der Waals surface area contributed by atoms with Gasteiger partial charge in [0.25, 0.3) is 5.91 Å². The highest BCUT2D eigenvalue weighted by Crippen LogP contribution is 2.35. The Morgan fingerprint density at radius 2 is 2.07 bits per heavy atom. The molecule has 148 valence electrons. The van der Waals surface area contributed by atoms with Crippen molar-refractivity contribution in [2.45, 2.75) is 62.8 Å². The van der Waals surface area contributed by atoms with Gasteiger partial charge in [0.2, 0.25) is 5.88 Å². The lowest BCUT2D eigenvalue weighted by molar-refractivity contribution is -0.138. The quantitative estimate of drug-likeness (QED) is 0.705. The van der Waals surface area contributed by atoms with E-state index in [1.807, 2.05) is 0 Å². The molecular weight excluding hydrogens is 346 g/mol. The number of aromatic nitrogens is 1. The number of nitrogens with one attached hydrogen (secondary N) is 2. The lowest BCUT2D eigenvalue weighted by Crippen LogP contribution is -2.45. The number of hydrogen-bond acceptors (Lipinski definition) is 5. The fourth-order valence-electron chi connectivity index (χ4n) is 4.29. The first-order valence-corrected chi connectivity index (χ1v) is 9.83. The van der Waals surface area contributed by atoms with Crippen LogP contribution in [0, 0.1) is 0 Å². The smallest absolute Gasteiger partial charge is 0.304 e. The summed E-state index contributed by atoms with van der Waals surface area (Å²) in [7, 11) is 1.49. The van der Waals surface area contributed by atoms with E-state index in [9.17, 15) is 14.7 Å². The Hall–Kier alpha value is -2.15. The number of aliphatic carboxylic acids is 1. The van der Waals surface area contributed by atoms with E-state index in [4.69, 9.17) is 4.74 Å². The fourth-order valence-corrected chi connectivity index (χ4v) is 4.29. The minimum absolute atomic E-state index is 0.00374. The molecule has 0 aromatic carbocycles. The van der Waals surface area contributed by atoms with Crippen molar-refractivity contribution in [3.63, 3.8) is 0 Å². The van der Waals surface area contributed by atoms with Crippen LogP contribution in [0.25, 0.3) is 0 Å². The molecule has 1 aromatic rings. The molecule has 3 N–H and O–H groups in total. The van der Waals surface area contributed by atoms with E-state index in [0.717, 1.165) is 45.1 Å². The second-order valence-corrected chi connectivity index (χ2v) is 7.69. The molecule has 2 fully saturated rings. The van der Waals surface area contributed by atoms with Gasteiger partial charge in [-0.25, -0.2) is 4.98 Å². The van der Waals surface area contributed by atoms with Crippen molar-refractivity contribution >= 4 is 11.9 Å². The SMILES string of the molecule is COc1nc([C@]2(CC(=O)O)CCCNC2)ccc1C(=O)NC1CCCCC1. The van der Waals surface area contributed by atoms with E-state index in [0.29, 0.717) is 17.8 Å². The van der Waals surface area contributed by atoms with Gasteiger partial charge in [0.1, 0.15) is 5.56 Å². The monoisotopic (exact) mass is 375 g/mol. The van der Waals surface area contributed by atoms with Gasteiger partial charge in [0.15, 0.2) is 0 Å². The van der Waals surface area contributed by atoms with Gasteiger partial charge in [-0.1, -0.05) is 19.3 Å². The first kappa shape index (κ1) is 19.6. The number of hydrogen-bond donors (Lipinski definition) is 3. The van der Waals surface area contributed by atoms with Crippen LogP contribution in [0.15, 0.2) is 12.1 Å². The number of carboxylic acids is 1. The molecule has 27 heavy (non-hydrogen) atoms. The van der Waals surface area contributed by atoms with E-state index in [-0.39, 0.29) is 24.2 Å². The number of carbonyl (C=O) groups is 2. The third kappa shape index (κ3) is 4.58. The van der Waals surface area contributed by atoms with Crippen LogP contribution in [0.3, 0.4) is 0 Å². The number of nitrogens with zero attached hydrogens (tertiary/aromatic N) is 1. The maximum absolute atomic E-state index is 12.7. The van der Waals surface area contributed by atoms with Crippen LogP contribution in [-0.4, -0.2) is 48.2 Å². The Labute approximate surface area is 159 Å². The molecule has 1 saturated heterocycles. The van der Waals surface area contributed by atoms with Gasteiger partial charge in [-0.15, -0.1) is 0 Å². The number of methoxy groups -OCH3 is 1. The number of carbonyl (C=O) groups excluding carboxylic acids is 1. The highest BCUT2D eigenvalue weighted by molar-refractivity contribution is 5.96. The highest BCUT2D eigenvalue weighted by atomic mass is 16.5. The maximum Gasteiger partial charge on any atom is 0.304 e. The molecule has 7 heteroatoms. The summed E-state index contributed by atoms with van der Waals surface area (Å²) in [6, 6.07) is 3.71. The number of piperidine rings is 1. The average Bonchev–Trinajstić information content (AvgIpc) is 2.68. The van der Waals surface area contributed by atoms with Gasteiger partial charge in [0, 0.05) is 18.0 Å². The Morgan fingerprint density at radius 3 is 2.70 bits per heavy atom. The predicted molar refractivity (Wildman–Crippen MR) is 101 cm³/mol. The molecule has 1 aromatic heterocycles. The summed E-state index contributed by atoms with van der Waals surface area (Å²) in [6.07, 6.45) is 7.17. The van der Waals surface area contributed by atoms with E-state index in [1.165, 1.54) is 13.5 Å². The summed E-state index contributed by atoms with van der Waals surface area (Å²) in [4.78, 5) is 28.7. The van der Waals surface area contributed by atoms with Crippen molar-refractivity contribution in [3.05, 3.63) is 23.4 Å². The Bertz CT molecular complexity index is 680. The van der Waals surface area contributed by atoms with Gasteiger partial charge < -0.3 is 20.5 Å². The van der Waals surface area contributed by atoms with E-state index < -0.39 is 11.4 Å². The van der Waals surface area contributed by atoms with Gasteiger partial charge in [0.05, 0.1) is 19.2 Å². The molecule has 1 saturated carbocycles. The fraction of sp³-hybridized carbons (Fsp3) is 0.650. The zero-order valence-corrected chi connectivity index (χ0v) is 15.9. The normalized spacial score (nSPS) is 23.6. The van der Waals surface area contributed by atoms with Crippen LogP contribution in [-0.2, 0) is 10.2 Å². The molecule has 1 atom stereocenters. The van der Waals surface area contributed by atoms with Crippen molar-refractivity contribution in [1.82, 2.24) is 15.6 Å². The van der Waals surface area contributed by atoms with Crippen molar-refractivity contribution in [3.8, 4) is 5.88 Å². The third-order valence-electron chi connectivity index (χ3n) is 5.74. The zero-order chi connectivity index (χ0) is 19.3. The molecule has 1 aliphatic heterocycles. The Kier molecular flexibility index (Phi) is 6.31. The molecule has 0 bridgehead atoms. The van der Waals surface area contributed by atoms with Crippen molar-refractivity contribution in [2.24, 2.45) is 0 Å². The van der Waals surface area contributed by atoms with Crippen molar-refractivity contribution in [1.29, 1.82) is 0 Å². The first-order chi connectivity index (χ1) is 13.0. The van der Waals surface area contributed by atoms with Gasteiger partial charge >= 0.3 is 5.97 Å². The minimum atomic E-state index is -0.849. The predicted octanol–water partition coefficient (Wildman–Crippen LogP) is 2.25. The van der Waals surface area contributed by atoms with Crippen molar-refractivity contribution < 1.29 is 19.4 Å². The van der Waals surface area contributed by atoms with Gasteiger partial charge in [-0.05, 0) is 44.4 Å². The maximum atomic E-state index is 12.7.